The Bertz CT molecular complexity index is 861. The molecule has 0 aliphatic heterocycles. The van der Waals surface area contributed by atoms with E-state index >= 15 is 0 Å². The molecule has 0 unspecified atom stereocenters. The van der Waals surface area contributed by atoms with Gasteiger partial charge in [-0.3, -0.25) is 4.79 Å². The number of nitrogens with zero attached hydrogens (tertiary/aromatic N) is 2. The van der Waals surface area contributed by atoms with Crippen molar-refractivity contribution in [2.45, 2.75) is 31.1 Å². The lowest BCUT2D eigenvalue weighted by Gasteiger charge is -2.10. The number of hydrogen-bond acceptors (Lipinski definition) is 7. The van der Waals surface area contributed by atoms with Crippen LogP contribution in [0.5, 0.6) is 5.75 Å². The molecule has 1 aromatic heterocycles. The van der Waals surface area contributed by atoms with Crippen LogP contribution in [0, 0.1) is 0 Å². The molecule has 0 fully saturated rings. The summed E-state index contributed by atoms with van der Waals surface area (Å²) in [4.78, 5) is 16.4. The normalized spacial score (nSPS) is 11.6. The van der Waals surface area contributed by atoms with Gasteiger partial charge in [0.05, 0.1) is 17.6 Å². The SMILES string of the molecule is COc1ccc(S(N)(=O)=O)cc1C(=O)NCCc1noc(C(C)C)n1. The Labute approximate surface area is 145 Å². The van der Waals surface area contributed by atoms with Crippen LogP contribution >= 0.6 is 0 Å². The molecule has 3 N–H and O–H groups in total. The van der Waals surface area contributed by atoms with Crippen molar-refractivity contribution in [2.75, 3.05) is 13.7 Å². The van der Waals surface area contributed by atoms with E-state index in [1.165, 1.54) is 25.3 Å². The van der Waals surface area contributed by atoms with Gasteiger partial charge in [-0.15, -0.1) is 0 Å². The van der Waals surface area contributed by atoms with Crippen LogP contribution in [0.3, 0.4) is 0 Å². The van der Waals surface area contributed by atoms with Crippen LogP contribution < -0.4 is 15.2 Å². The first-order chi connectivity index (χ1) is 11.7. The van der Waals surface area contributed by atoms with Gasteiger partial charge in [0.15, 0.2) is 5.82 Å². The molecule has 9 nitrogen and oxygen atoms in total. The average Bonchev–Trinajstić information content (AvgIpc) is 3.02. The zero-order chi connectivity index (χ0) is 18.6. The number of carbonyl (C=O) groups excluding carboxylic acids is 1. The Morgan fingerprint density at radius 2 is 2.12 bits per heavy atom. The van der Waals surface area contributed by atoms with Crippen LogP contribution in [-0.2, 0) is 16.4 Å². The number of aromatic nitrogens is 2. The third kappa shape index (κ3) is 4.77. The molecule has 136 valence electrons. The van der Waals surface area contributed by atoms with Gasteiger partial charge in [-0.25, -0.2) is 13.6 Å². The van der Waals surface area contributed by atoms with E-state index in [-0.39, 0.29) is 28.7 Å². The zero-order valence-corrected chi connectivity index (χ0v) is 15.0. The number of ether oxygens (including phenoxy) is 1. The first kappa shape index (κ1) is 18.9. The van der Waals surface area contributed by atoms with E-state index in [2.05, 4.69) is 15.5 Å². The molecular formula is C15H20N4O5S. The number of methoxy groups -OCH3 is 1. The van der Waals surface area contributed by atoms with Crippen LogP contribution in [0.15, 0.2) is 27.6 Å². The molecule has 25 heavy (non-hydrogen) atoms. The molecule has 0 aliphatic rings. The lowest BCUT2D eigenvalue weighted by molar-refractivity contribution is 0.0950. The summed E-state index contributed by atoms with van der Waals surface area (Å²) in [5, 5.41) is 11.6. The fourth-order valence-corrected chi connectivity index (χ4v) is 2.57. The molecule has 0 spiro atoms. The number of carbonyl (C=O) groups is 1. The van der Waals surface area contributed by atoms with Crippen molar-refractivity contribution >= 4 is 15.9 Å². The number of sulfonamides is 1. The maximum Gasteiger partial charge on any atom is 0.255 e. The molecule has 2 aromatic rings. The number of primary sulfonamides is 1. The van der Waals surface area contributed by atoms with E-state index in [9.17, 15) is 13.2 Å². The van der Waals surface area contributed by atoms with E-state index in [0.717, 1.165) is 0 Å². The van der Waals surface area contributed by atoms with E-state index in [0.29, 0.717) is 18.1 Å². The first-order valence-corrected chi connectivity index (χ1v) is 9.08. The Morgan fingerprint density at radius 3 is 2.68 bits per heavy atom. The van der Waals surface area contributed by atoms with Crippen LogP contribution in [0.4, 0.5) is 0 Å². The molecule has 0 aliphatic carbocycles. The molecular weight excluding hydrogens is 348 g/mol. The maximum atomic E-state index is 12.3. The smallest absolute Gasteiger partial charge is 0.255 e. The largest absolute Gasteiger partial charge is 0.496 e. The predicted octanol–water partition coefficient (Wildman–Crippen LogP) is 0.822. The highest BCUT2D eigenvalue weighted by Crippen LogP contribution is 2.21. The van der Waals surface area contributed by atoms with E-state index in [1.54, 1.807) is 0 Å². The number of nitrogens with two attached hydrogens (primary N) is 1. The van der Waals surface area contributed by atoms with Crippen molar-refractivity contribution in [1.82, 2.24) is 15.5 Å². The summed E-state index contributed by atoms with van der Waals surface area (Å²) in [6.45, 7) is 4.12. The zero-order valence-electron chi connectivity index (χ0n) is 14.1. The number of nitrogens with one attached hydrogen (secondary N) is 1. The summed E-state index contributed by atoms with van der Waals surface area (Å²) < 4.78 is 33.1. The first-order valence-electron chi connectivity index (χ1n) is 7.54. The van der Waals surface area contributed by atoms with Gasteiger partial charge in [0.1, 0.15) is 5.75 Å². The second-order valence-electron chi connectivity index (χ2n) is 5.62. The van der Waals surface area contributed by atoms with Gasteiger partial charge in [0.25, 0.3) is 5.91 Å². The van der Waals surface area contributed by atoms with Gasteiger partial charge in [-0.2, -0.15) is 4.98 Å². The average molecular weight is 368 g/mol. The highest BCUT2D eigenvalue weighted by Gasteiger charge is 2.17. The van der Waals surface area contributed by atoms with Crippen molar-refractivity contribution in [2.24, 2.45) is 5.14 Å². The molecule has 0 saturated carbocycles. The number of rotatable bonds is 7. The van der Waals surface area contributed by atoms with Crippen molar-refractivity contribution in [3.8, 4) is 5.75 Å². The standard InChI is InChI=1S/C15H20N4O5S/c1-9(2)15-18-13(19-24-15)6-7-17-14(20)11-8-10(25(16,21)22)4-5-12(11)23-3/h4-5,8-9H,6-7H2,1-3H3,(H,17,20)(H2,16,21,22). The highest BCUT2D eigenvalue weighted by molar-refractivity contribution is 7.89. The lowest BCUT2D eigenvalue weighted by atomic mass is 10.2. The number of hydrogen-bond donors (Lipinski definition) is 2. The van der Waals surface area contributed by atoms with Gasteiger partial charge in [-0.1, -0.05) is 19.0 Å². The summed E-state index contributed by atoms with van der Waals surface area (Å²) in [6, 6.07) is 3.83. The van der Waals surface area contributed by atoms with Gasteiger partial charge in [-0.05, 0) is 18.2 Å². The fourth-order valence-electron chi connectivity index (χ4n) is 2.03. The Morgan fingerprint density at radius 1 is 1.40 bits per heavy atom. The monoisotopic (exact) mass is 368 g/mol. The number of amides is 1. The van der Waals surface area contributed by atoms with Crippen LogP contribution in [-0.4, -0.2) is 38.1 Å². The van der Waals surface area contributed by atoms with E-state index < -0.39 is 15.9 Å². The lowest BCUT2D eigenvalue weighted by Crippen LogP contribution is -2.27. The third-order valence-corrected chi connectivity index (χ3v) is 4.27. The molecule has 0 radical (unpaired) electrons. The molecule has 1 heterocycles. The quantitative estimate of drug-likeness (QED) is 0.738. The van der Waals surface area contributed by atoms with Crippen LogP contribution in [0.25, 0.3) is 0 Å². The van der Waals surface area contributed by atoms with E-state index in [1.807, 2.05) is 13.8 Å². The summed E-state index contributed by atoms with van der Waals surface area (Å²) in [5.74, 6) is 0.889. The van der Waals surface area contributed by atoms with Gasteiger partial charge in [0, 0.05) is 18.9 Å². The maximum absolute atomic E-state index is 12.3. The fraction of sp³-hybridized carbons (Fsp3) is 0.400. The molecule has 0 bridgehead atoms. The highest BCUT2D eigenvalue weighted by atomic mass is 32.2. The second-order valence-corrected chi connectivity index (χ2v) is 7.18. The van der Waals surface area contributed by atoms with Crippen LogP contribution in [0.2, 0.25) is 0 Å². The predicted molar refractivity (Wildman–Crippen MR) is 88.8 cm³/mol. The van der Waals surface area contributed by atoms with Gasteiger partial charge in [0.2, 0.25) is 15.9 Å². The number of benzene rings is 1. The Kier molecular flexibility index (Phi) is 5.75. The van der Waals surface area contributed by atoms with Crippen molar-refractivity contribution in [3.63, 3.8) is 0 Å². The summed E-state index contributed by atoms with van der Waals surface area (Å²) in [7, 11) is -2.54. The topological polar surface area (TPSA) is 137 Å². The van der Waals surface area contributed by atoms with Gasteiger partial charge < -0.3 is 14.6 Å². The third-order valence-electron chi connectivity index (χ3n) is 3.36. The Balaban J connectivity index is 2.06. The van der Waals surface area contributed by atoms with Crippen molar-refractivity contribution in [3.05, 3.63) is 35.5 Å². The van der Waals surface area contributed by atoms with Crippen molar-refractivity contribution < 1.29 is 22.5 Å². The molecule has 1 amide bonds. The van der Waals surface area contributed by atoms with Gasteiger partial charge >= 0.3 is 0 Å². The minimum absolute atomic E-state index is 0.0741. The minimum atomic E-state index is -3.92. The second kappa shape index (κ2) is 7.62. The summed E-state index contributed by atoms with van der Waals surface area (Å²) in [5.41, 5.74) is 0.0741. The van der Waals surface area contributed by atoms with Crippen LogP contribution in [0.1, 0.15) is 41.8 Å². The molecule has 2 rings (SSSR count). The molecule has 10 heteroatoms. The molecule has 1 aromatic carbocycles. The molecule has 0 saturated heterocycles. The Hall–Kier alpha value is -2.46. The summed E-state index contributed by atoms with van der Waals surface area (Å²) in [6.07, 6.45) is 0.374. The minimum Gasteiger partial charge on any atom is -0.496 e. The van der Waals surface area contributed by atoms with Crippen molar-refractivity contribution in [1.29, 1.82) is 0 Å². The van der Waals surface area contributed by atoms with E-state index in [4.69, 9.17) is 14.4 Å². The summed E-state index contributed by atoms with van der Waals surface area (Å²) >= 11 is 0. The molecule has 0 atom stereocenters.